The largest absolute Gasteiger partial charge is 0.513 e. The average Bonchev–Trinajstić information content (AvgIpc) is 2.86. The lowest BCUT2D eigenvalue weighted by Crippen LogP contribution is -2.56. The minimum absolute atomic E-state index is 0.0271. The molecule has 8 rings (SSSR count). The molecule has 0 spiro atoms. The smallest absolute Gasteiger partial charge is 0.294 e. The lowest BCUT2D eigenvalue weighted by Gasteiger charge is -2.60. The third kappa shape index (κ3) is 3.84. The van der Waals surface area contributed by atoms with Crippen LogP contribution in [0.3, 0.4) is 0 Å². The highest BCUT2D eigenvalue weighted by Crippen LogP contribution is 2.62. The summed E-state index contributed by atoms with van der Waals surface area (Å²) >= 11 is 0. The quantitative estimate of drug-likeness (QED) is 0.483. The molecule has 5 atom stereocenters. The Balaban J connectivity index is 1.13. The van der Waals surface area contributed by atoms with E-state index in [1.807, 2.05) is 23.1 Å². The zero-order chi connectivity index (χ0) is 26.2. The predicted octanol–water partition coefficient (Wildman–Crippen LogP) is 5.92. The molecule has 1 aromatic heterocycles. The first kappa shape index (κ1) is 24.7. The summed E-state index contributed by atoms with van der Waals surface area (Å²) < 4.78 is 2.10. The van der Waals surface area contributed by atoms with Crippen molar-refractivity contribution >= 4 is 16.9 Å². The van der Waals surface area contributed by atoms with Crippen LogP contribution in [0.2, 0.25) is 0 Å². The molecule has 0 radical (unpaired) electrons. The molecule has 1 N–H and O–H groups in total. The highest BCUT2D eigenvalue weighted by atomic mass is 16.3. The summed E-state index contributed by atoms with van der Waals surface area (Å²) in [6.07, 6.45) is 11.6. The molecular weight excluding hydrogens is 472 g/mol. The van der Waals surface area contributed by atoms with Crippen LogP contribution in [0, 0.1) is 29.1 Å². The Morgan fingerprint density at radius 1 is 1.05 bits per heavy atom. The maximum atomic E-state index is 14.0. The Kier molecular flexibility index (Phi) is 5.92. The van der Waals surface area contributed by atoms with Gasteiger partial charge in [-0.25, -0.2) is 4.98 Å². The molecule has 6 heteroatoms. The number of anilines is 1. The van der Waals surface area contributed by atoms with E-state index in [-0.39, 0.29) is 23.3 Å². The van der Waals surface area contributed by atoms with Crippen LogP contribution in [0.5, 0.6) is 0 Å². The molecule has 3 saturated carbocycles. The third-order valence-corrected chi connectivity index (χ3v) is 11.7. The number of piperidine rings is 2. The lowest BCUT2D eigenvalue weighted by molar-refractivity contribution is -0.111. The van der Waals surface area contributed by atoms with Crippen LogP contribution < -0.4 is 10.5 Å². The van der Waals surface area contributed by atoms with Gasteiger partial charge in [0.1, 0.15) is 0 Å². The van der Waals surface area contributed by atoms with Crippen molar-refractivity contribution in [3.05, 3.63) is 47.0 Å². The van der Waals surface area contributed by atoms with Gasteiger partial charge in [-0.05, 0) is 93.2 Å². The Hall–Kier alpha value is -2.34. The van der Waals surface area contributed by atoms with Crippen molar-refractivity contribution in [1.29, 1.82) is 0 Å². The van der Waals surface area contributed by atoms with Gasteiger partial charge in [0.2, 0.25) is 0 Å². The summed E-state index contributed by atoms with van der Waals surface area (Å²) in [5.41, 5.74) is 2.45. The molecule has 3 aliphatic carbocycles. The first-order valence-electron chi connectivity index (χ1n) is 15.2. The molecule has 0 amide bonds. The van der Waals surface area contributed by atoms with Gasteiger partial charge < -0.3 is 14.6 Å². The van der Waals surface area contributed by atoms with Crippen LogP contribution in [-0.2, 0) is 0 Å². The molecule has 1 aromatic carbocycles. The van der Waals surface area contributed by atoms with E-state index in [2.05, 4.69) is 36.0 Å². The molecule has 38 heavy (non-hydrogen) atoms. The second-order valence-corrected chi connectivity index (χ2v) is 13.8. The maximum Gasteiger partial charge on any atom is 0.294 e. The van der Waals surface area contributed by atoms with Gasteiger partial charge in [-0.3, -0.25) is 9.69 Å². The first-order chi connectivity index (χ1) is 18.3. The van der Waals surface area contributed by atoms with E-state index in [1.54, 1.807) is 0 Å². The number of nitrogens with zero attached hydrogens (tertiary/aromatic N) is 4. The standard InChI is InChI=1S/C32H44N4O2/c1-20(37)22-18-34(19-22)30-31(38)36(29-10-5-4-9-28(29)33-30)26-16-24-7-6-8-25(17-26)35(24)14-13-21-11-12-23-15-27(21)32(23,2)3/h4-5,9-10,21-27,37H,1,6-8,11-19H2,2-3H3. The summed E-state index contributed by atoms with van der Waals surface area (Å²) in [4.78, 5) is 23.7. The molecule has 6 aliphatic rings. The molecule has 3 saturated heterocycles. The summed E-state index contributed by atoms with van der Waals surface area (Å²) in [6, 6.07) is 9.51. The zero-order valence-corrected chi connectivity index (χ0v) is 23.2. The van der Waals surface area contributed by atoms with E-state index in [1.165, 1.54) is 51.5 Å². The SMILES string of the molecule is C=C(O)C1CN(c2nc3ccccc3n(C3CC4CCCC(C3)N4CCC3CCC4CC3C4(C)C)c2=O)C1. The molecule has 5 unspecified atom stereocenters. The van der Waals surface area contributed by atoms with Gasteiger partial charge in [0, 0.05) is 31.2 Å². The minimum atomic E-state index is 0.0271. The Labute approximate surface area is 226 Å². The van der Waals surface area contributed by atoms with Gasteiger partial charge in [-0.15, -0.1) is 0 Å². The van der Waals surface area contributed by atoms with Gasteiger partial charge in [0.05, 0.1) is 22.7 Å². The Bertz CT molecular complexity index is 1280. The average molecular weight is 517 g/mol. The lowest BCUT2D eigenvalue weighted by atomic mass is 9.45. The van der Waals surface area contributed by atoms with Gasteiger partial charge in [0.15, 0.2) is 5.82 Å². The van der Waals surface area contributed by atoms with Crippen molar-refractivity contribution in [2.24, 2.45) is 29.1 Å². The first-order valence-corrected chi connectivity index (χ1v) is 15.2. The minimum Gasteiger partial charge on any atom is -0.513 e. The molecule has 6 nitrogen and oxygen atoms in total. The summed E-state index contributed by atoms with van der Waals surface area (Å²) in [5, 5.41) is 9.79. The van der Waals surface area contributed by atoms with Crippen LogP contribution >= 0.6 is 0 Å². The fourth-order valence-corrected chi connectivity index (χ4v) is 9.22. The monoisotopic (exact) mass is 516 g/mol. The molecule has 2 aromatic rings. The predicted molar refractivity (Wildman–Crippen MR) is 153 cm³/mol. The molecule has 4 heterocycles. The maximum absolute atomic E-state index is 14.0. The van der Waals surface area contributed by atoms with E-state index in [9.17, 15) is 9.90 Å². The van der Waals surface area contributed by atoms with Gasteiger partial charge in [0.25, 0.3) is 5.56 Å². The highest BCUT2D eigenvalue weighted by Gasteiger charge is 2.54. The van der Waals surface area contributed by atoms with E-state index in [4.69, 9.17) is 4.98 Å². The number of aliphatic hydroxyl groups excluding tert-OH is 1. The normalized spacial score (nSPS) is 34.5. The van der Waals surface area contributed by atoms with Gasteiger partial charge in [-0.1, -0.05) is 39.0 Å². The number of hydrogen-bond acceptors (Lipinski definition) is 5. The van der Waals surface area contributed by atoms with Gasteiger partial charge in [-0.2, -0.15) is 0 Å². The van der Waals surface area contributed by atoms with Crippen molar-refractivity contribution in [2.75, 3.05) is 24.5 Å². The molecule has 3 aliphatic heterocycles. The Morgan fingerprint density at radius 3 is 2.47 bits per heavy atom. The van der Waals surface area contributed by atoms with E-state index in [0.717, 1.165) is 41.6 Å². The van der Waals surface area contributed by atoms with Crippen molar-refractivity contribution < 1.29 is 5.11 Å². The molecule has 4 bridgehead atoms. The fourth-order valence-electron chi connectivity index (χ4n) is 9.22. The van der Waals surface area contributed by atoms with Crippen LogP contribution in [0.25, 0.3) is 11.0 Å². The number of para-hydroxylation sites is 2. The third-order valence-electron chi connectivity index (χ3n) is 11.7. The summed E-state index contributed by atoms with van der Waals surface area (Å²) in [6.45, 7) is 11.2. The topological polar surface area (TPSA) is 61.6 Å². The van der Waals surface area contributed by atoms with Crippen LogP contribution in [-0.4, -0.2) is 51.3 Å². The van der Waals surface area contributed by atoms with Crippen LogP contribution in [0.4, 0.5) is 5.82 Å². The van der Waals surface area contributed by atoms with Crippen molar-refractivity contribution in [3.63, 3.8) is 0 Å². The number of hydrogen-bond donors (Lipinski definition) is 1. The molecular formula is C32H44N4O2. The van der Waals surface area contributed by atoms with Crippen molar-refractivity contribution in [3.8, 4) is 0 Å². The number of aromatic nitrogens is 2. The van der Waals surface area contributed by atoms with E-state index < -0.39 is 0 Å². The zero-order valence-electron chi connectivity index (χ0n) is 23.2. The van der Waals surface area contributed by atoms with E-state index in [0.29, 0.717) is 36.4 Å². The van der Waals surface area contributed by atoms with E-state index >= 15 is 0 Å². The van der Waals surface area contributed by atoms with Crippen LogP contribution in [0.1, 0.15) is 77.7 Å². The number of fused-ring (bicyclic) bond motifs is 5. The fraction of sp³-hybridized carbons (Fsp3) is 0.688. The second kappa shape index (κ2) is 9.11. The van der Waals surface area contributed by atoms with Crippen molar-refractivity contribution in [1.82, 2.24) is 14.5 Å². The van der Waals surface area contributed by atoms with Gasteiger partial charge >= 0.3 is 0 Å². The summed E-state index contributed by atoms with van der Waals surface area (Å²) in [5.74, 6) is 3.58. The highest BCUT2D eigenvalue weighted by molar-refractivity contribution is 5.76. The second-order valence-electron chi connectivity index (χ2n) is 13.8. The Morgan fingerprint density at radius 2 is 1.79 bits per heavy atom. The van der Waals surface area contributed by atoms with Crippen LogP contribution in [0.15, 0.2) is 41.4 Å². The number of benzene rings is 1. The molecule has 6 fully saturated rings. The summed E-state index contributed by atoms with van der Waals surface area (Å²) in [7, 11) is 0. The van der Waals surface area contributed by atoms with Crippen molar-refractivity contribution in [2.45, 2.75) is 89.8 Å². The molecule has 204 valence electrons. The number of aliphatic hydroxyl groups is 1. The number of rotatable bonds is 6.